The van der Waals surface area contributed by atoms with Crippen molar-refractivity contribution in [2.24, 2.45) is 0 Å². The molecule has 7 heteroatoms. The minimum absolute atomic E-state index is 0.00830. The highest BCUT2D eigenvalue weighted by atomic mass is 79.9. The highest BCUT2D eigenvalue weighted by molar-refractivity contribution is 9.10. The molecule has 29 heavy (non-hydrogen) atoms. The minimum atomic E-state index is -0.442. The predicted molar refractivity (Wildman–Crippen MR) is 116 cm³/mol. The number of ether oxygens (including phenoxy) is 1. The topological polar surface area (TPSA) is 81.5 Å². The van der Waals surface area contributed by atoms with E-state index in [1.807, 2.05) is 24.3 Å². The van der Waals surface area contributed by atoms with E-state index in [0.29, 0.717) is 17.0 Å². The smallest absolute Gasteiger partial charge is 0.271 e. The highest BCUT2D eigenvalue weighted by Gasteiger charge is 2.18. The van der Waals surface area contributed by atoms with Crippen LogP contribution in [0.1, 0.15) is 28.4 Å². The number of ketones is 1. The zero-order valence-electron chi connectivity index (χ0n) is 15.7. The third-order valence-electron chi connectivity index (χ3n) is 4.47. The summed E-state index contributed by atoms with van der Waals surface area (Å²) in [5, 5.41) is 14.3. The lowest BCUT2D eigenvalue weighted by Gasteiger charge is -2.20. The normalized spacial score (nSPS) is 11.5. The van der Waals surface area contributed by atoms with Crippen LogP contribution in [0.5, 0.6) is 5.75 Å². The van der Waals surface area contributed by atoms with Crippen molar-refractivity contribution in [2.45, 2.75) is 12.5 Å². The number of nitro benzene ring substituents is 1. The number of carbonyl (C=O) groups excluding carboxylic acids is 1. The summed E-state index contributed by atoms with van der Waals surface area (Å²) in [5.41, 5.74) is 2.05. The van der Waals surface area contributed by atoms with Crippen molar-refractivity contribution in [3.63, 3.8) is 0 Å². The Kier molecular flexibility index (Phi) is 6.61. The molecular weight excluding hydrogens is 436 g/mol. The van der Waals surface area contributed by atoms with Crippen molar-refractivity contribution < 1.29 is 14.5 Å². The van der Waals surface area contributed by atoms with E-state index < -0.39 is 4.92 Å². The first-order chi connectivity index (χ1) is 14.0. The van der Waals surface area contributed by atoms with E-state index in [2.05, 4.69) is 21.2 Å². The molecule has 0 radical (unpaired) electrons. The van der Waals surface area contributed by atoms with Gasteiger partial charge in [-0.2, -0.15) is 0 Å². The van der Waals surface area contributed by atoms with Crippen molar-refractivity contribution in [3.05, 3.63) is 98.5 Å². The Morgan fingerprint density at radius 3 is 2.41 bits per heavy atom. The molecule has 1 unspecified atom stereocenters. The predicted octanol–water partition coefficient (Wildman–Crippen LogP) is 5.79. The number of nitro groups is 1. The number of hydrogen-bond donors (Lipinski definition) is 1. The number of anilines is 1. The molecule has 3 aromatic carbocycles. The maximum Gasteiger partial charge on any atom is 0.271 e. The molecule has 3 aromatic rings. The Hall–Kier alpha value is -3.19. The van der Waals surface area contributed by atoms with Crippen LogP contribution in [-0.2, 0) is 0 Å². The maximum absolute atomic E-state index is 12.9. The molecule has 0 bridgehead atoms. The number of nitrogens with one attached hydrogen (secondary N) is 1. The standard InChI is InChI=1S/C22H19BrN2O4/c1-29-20-11-7-16(8-12-20)22(26)14-21(15-5-9-17(23)10-6-15)24-18-3-2-4-19(13-18)25(27)28/h2-13,21,24H,14H2,1H3. The van der Waals surface area contributed by atoms with Gasteiger partial charge in [0.2, 0.25) is 0 Å². The molecule has 0 aromatic heterocycles. The molecule has 3 rings (SSSR count). The van der Waals surface area contributed by atoms with E-state index in [4.69, 9.17) is 4.74 Å². The second-order valence-corrected chi connectivity index (χ2v) is 7.33. The molecule has 1 N–H and O–H groups in total. The van der Waals surface area contributed by atoms with Crippen LogP contribution in [0.3, 0.4) is 0 Å². The van der Waals surface area contributed by atoms with Crippen LogP contribution in [0.2, 0.25) is 0 Å². The SMILES string of the molecule is COc1ccc(C(=O)CC(Nc2cccc([N+](=O)[O-])c2)c2ccc(Br)cc2)cc1. The third-order valence-corrected chi connectivity index (χ3v) is 5.00. The zero-order chi connectivity index (χ0) is 20.8. The number of Topliss-reactive ketones (excluding diaryl/α,β-unsaturated/α-hetero) is 1. The molecule has 0 saturated carbocycles. The lowest BCUT2D eigenvalue weighted by molar-refractivity contribution is -0.384. The summed E-state index contributed by atoms with van der Waals surface area (Å²) in [5.74, 6) is 0.638. The number of methoxy groups -OCH3 is 1. The second-order valence-electron chi connectivity index (χ2n) is 6.41. The van der Waals surface area contributed by atoms with Gasteiger partial charge in [0.15, 0.2) is 5.78 Å². The molecular formula is C22H19BrN2O4. The van der Waals surface area contributed by atoms with Crippen molar-refractivity contribution in [1.29, 1.82) is 0 Å². The third kappa shape index (κ3) is 5.42. The molecule has 0 heterocycles. The first kappa shape index (κ1) is 20.5. The number of rotatable bonds is 8. The van der Waals surface area contributed by atoms with Gasteiger partial charge in [-0.1, -0.05) is 34.1 Å². The van der Waals surface area contributed by atoms with E-state index in [-0.39, 0.29) is 23.9 Å². The van der Waals surface area contributed by atoms with E-state index in [9.17, 15) is 14.9 Å². The summed E-state index contributed by atoms with van der Waals surface area (Å²) in [6.07, 6.45) is 0.191. The van der Waals surface area contributed by atoms with Gasteiger partial charge < -0.3 is 10.1 Å². The van der Waals surface area contributed by atoms with Crippen LogP contribution < -0.4 is 10.1 Å². The summed E-state index contributed by atoms with van der Waals surface area (Å²) in [4.78, 5) is 23.5. The number of benzene rings is 3. The average molecular weight is 455 g/mol. The van der Waals surface area contributed by atoms with Gasteiger partial charge in [-0.25, -0.2) is 0 Å². The monoisotopic (exact) mass is 454 g/mol. The van der Waals surface area contributed by atoms with Gasteiger partial charge in [0.25, 0.3) is 5.69 Å². The quantitative estimate of drug-likeness (QED) is 0.264. The molecule has 148 valence electrons. The lowest BCUT2D eigenvalue weighted by atomic mass is 9.97. The van der Waals surface area contributed by atoms with Crippen LogP contribution >= 0.6 is 15.9 Å². The van der Waals surface area contributed by atoms with Gasteiger partial charge in [0, 0.05) is 34.3 Å². The van der Waals surface area contributed by atoms with Gasteiger partial charge in [0.05, 0.1) is 18.1 Å². The fraction of sp³-hybridized carbons (Fsp3) is 0.136. The van der Waals surface area contributed by atoms with Crippen LogP contribution in [-0.4, -0.2) is 17.8 Å². The Morgan fingerprint density at radius 1 is 1.10 bits per heavy atom. The van der Waals surface area contributed by atoms with Crippen molar-refractivity contribution in [3.8, 4) is 5.75 Å². The Morgan fingerprint density at radius 2 is 1.79 bits per heavy atom. The summed E-state index contributed by atoms with van der Waals surface area (Å²) >= 11 is 3.41. The largest absolute Gasteiger partial charge is 0.497 e. The van der Waals surface area contributed by atoms with Gasteiger partial charge in [-0.3, -0.25) is 14.9 Å². The number of hydrogen-bond acceptors (Lipinski definition) is 5. The molecule has 0 spiro atoms. The maximum atomic E-state index is 12.9. The first-order valence-electron chi connectivity index (χ1n) is 8.90. The van der Waals surface area contributed by atoms with Crippen molar-refractivity contribution in [1.82, 2.24) is 0 Å². The molecule has 0 aliphatic carbocycles. The van der Waals surface area contributed by atoms with Gasteiger partial charge in [-0.05, 0) is 48.0 Å². The molecule has 0 aliphatic heterocycles. The Bertz CT molecular complexity index is 1000. The van der Waals surface area contributed by atoms with Gasteiger partial charge in [-0.15, -0.1) is 0 Å². The van der Waals surface area contributed by atoms with E-state index in [0.717, 1.165) is 10.0 Å². The molecule has 0 fully saturated rings. The number of carbonyl (C=O) groups is 1. The molecule has 0 amide bonds. The zero-order valence-corrected chi connectivity index (χ0v) is 17.3. The van der Waals surface area contributed by atoms with Crippen LogP contribution in [0.15, 0.2) is 77.3 Å². The average Bonchev–Trinajstić information content (AvgIpc) is 2.74. The summed E-state index contributed by atoms with van der Waals surface area (Å²) in [6.45, 7) is 0. The van der Waals surface area contributed by atoms with E-state index >= 15 is 0 Å². The van der Waals surface area contributed by atoms with Crippen molar-refractivity contribution in [2.75, 3.05) is 12.4 Å². The lowest BCUT2D eigenvalue weighted by Crippen LogP contribution is -2.16. The van der Waals surface area contributed by atoms with Crippen LogP contribution in [0.4, 0.5) is 11.4 Å². The molecule has 1 atom stereocenters. The first-order valence-corrected chi connectivity index (χ1v) is 9.69. The molecule has 0 saturated heterocycles. The van der Waals surface area contributed by atoms with Crippen LogP contribution in [0, 0.1) is 10.1 Å². The Labute approximate surface area is 176 Å². The fourth-order valence-electron chi connectivity index (χ4n) is 2.94. The number of halogens is 1. The number of non-ortho nitro benzene ring substituents is 1. The number of nitrogens with zero attached hydrogens (tertiary/aromatic N) is 1. The summed E-state index contributed by atoms with van der Waals surface area (Å²) in [6, 6.07) is 20.5. The van der Waals surface area contributed by atoms with Gasteiger partial charge in [0.1, 0.15) is 5.75 Å². The van der Waals surface area contributed by atoms with E-state index in [1.165, 1.54) is 12.1 Å². The van der Waals surface area contributed by atoms with Crippen LogP contribution in [0.25, 0.3) is 0 Å². The minimum Gasteiger partial charge on any atom is -0.497 e. The highest BCUT2D eigenvalue weighted by Crippen LogP contribution is 2.28. The van der Waals surface area contributed by atoms with Gasteiger partial charge >= 0.3 is 0 Å². The second kappa shape index (κ2) is 9.34. The fourth-order valence-corrected chi connectivity index (χ4v) is 3.20. The van der Waals surface area contributed by atoms with E-state index in [1.54, 1.807) is 43.5 Å². The summed E-state index contributed by atoms with van der Waals surface area (Å²) in [7, 11) is 1.57. The molecule has 0 aliphatic rings. The Balaban J connectivity index is 1.86. The summed E-state index contributed by atoms with van der Waals surface area (Å²) < 4.78 is 6.06. The van der Waals surface area contributed by atoms with Crippen molar-refractivity contribution >= 4 is 33.1 Å². The molecule has 6 nitrogen and oxygen atoms in total.